The van der Waals surface area contributed by atoms with Gasteiger partial charge in [0, 0.05) is 24.2 Å². The summed E-state index contributed by atoms with van der Waals surface area (Å²) in [4.78, 5) is 15.7. The van der Waals surface area contributed by atoms with E-state index in [2.05, 4.69) is 10.2 Å². The average Bonchev–Trinajstić information content (AvgIpc) is 3.24. The minimum Gasteiger partial charge on any atom is -0.496 e. The number of hydrogen-bond donors (Lipinski definition) is 2. The van der Waals surface area contributed by atoms with Gasteiger partial charge in [-0.3, -0.25) is 9.69 Å². The number of sulfone groups is 1. The summed E-state index contributed by atoms with van der Waals surface area (Å²) in [7, 11) is -2.10. The largest absolute Gasteiger partial charge is 0.496 e. The summed E-state index contributed by atoms with van der Waals surface area (Å²) in [5.41, 5.74) is 6.23. The van der Waals surface area contributed by atoms with Crippen LogP contribution in [0.25, 0.3) is 0 Å². The molecule has 1 saturated carbocycles. The lowest BCUT2D eigenvalue weighted by Crippen LogP contribution is -2.51. The molecular weight excluding hydrogens is 402 g/mol. The number of anilines is 1. The fourth-order valence-corrected chi connectivity index (χ4v) is 5.97. The van der Waals surface area contributed by atoms with Crippen LogP contribution in [0.4, 0.5) is 5.69 Å². The first-order chi connectivity index (χ1) is 14.3. The normalized spacial score (nSPS) is 22.0. The molecule has 30 heavy (non-hydrogen) atoms. The van der Waals surface area contributed by atoms with E-state index in [4.69, 9.17) is 10.5 Å². The average molecular weight is 438 g/mol. The first kappa shape index (κ1) is 22.9. The van der Waals surface area contributed by atoms with Gasteiger partial charge in [0.2, 0.25) is 0 Å². The maximum atomic E-state index is 13.1. The van der Waals surface area contributed by atoms with Crippen molar-refractivity contribution in [2.24, 2.45) is 0 Å². The molecule has 8 heteroatoms. The van der Waals surface area contributed by atoms with Crippen molar-refractivity contribution in [2.45, 2.75) is 81.8 Å². The van der Waals surface area contributed by atoms with E-state index in [-0.39, 0.29) is 39.6 Å². The number of rotatable bonds is 7. The molecule has 0 spiro atoms. The molecule has 0 aromatic heterocycles. The second kappa shape index (κ2) is 9.56. The number of hydrogen-bond acceptors (Lipinski definition) is 6. The van der Waals surface area contributed by atoms with E-state index in [9.17, 15) is 13.2 Å². The third-order valence-electron chi connectivity index (χ3n) is 6.61. The SMILES string of the molecule is CCS(=O)(=O)c1cc(C(=O)NC(C)C2CCCN2C2CCCCC2)c(OC)cc1N. The lowest BCUT2D eigenvalue weighted by Gasteiger charge is -2.38. The van der Waals surface area contributed by atoms with Crippen LogP contribution >= 0.6 is 0 Å². The van der Waals surface area contributed by atoms with E-state index >= 15 is 0 Å². The molecule has 3 rings (SSSR count). The van der Waals surface area contributed by atoms with Gasteiger partial charge >= 0.3 is 0 Å². The number of nitrogen functional groups attached to an aromatic ring is 1. The van der Waals surface area contributed by atoms with Gasteiger partial charge in [-0.05, 0) is 45.2 Å². The van der Waals surface area contributed by atoms with Gasteiger partial charge in [-0.2, -0.15) is 0 Å². The second-order valence-electron chi connectivity index (χ2n) is 8.50. The number of ether oxygens (including phenoxy) is 1. The van der Waals surface area contributed by atoms with Gasteiger partial charge in [-0.15, -0.1) is 0 Å². The molecular formula is C22H35N3O4S. The summed E-state index contributed by atoms with van der Waals surface area (Å²) in [6.45, 7) is 4.68. The Labute approximate surface area is 180 Å². The molecule has 2 aliphatic rings. The van der Waals surface area contributed by atoms with Gasteiger partial charge in [-0.25, -0.2) is 8.42 Å². The third-order valence-corrected chi connectivity index (χ3v) is 8.40. The number of likely N-dealkylation sites (tertiary alicyclic amines) is 1. The van der Waals surface area contributed by atoms with Gasteiger partial charge < -0.3 is 15.8 Å². The lowest BCUT2D eigenvalue weighted by molar-refractivity contribution is 0.0864. The quantitative estimate of drug-likeness (QED) is 0.636. The molecule has 1 heterocycles. The predicted molar refractivity (Wildman–Crippen MR) is 119 cm³/mol. The summed E-state index contributed by atoms with van der Waals surface area (Å²) < 4.78 is 30.1. The van der Waals surface area contributed by atoms with Gasteiger partial charge in [0.15, 0.2) is 9.84 Å². The van der Waals surface area contributed by atoms with Gasteiger partial charge in [0.1, 0.15) is 5.75 Å². The van der Waals surface area contributed by atoms with Crippen LogP contribution in [0.3, 0.4) is 0 Å². The van der Waals surface area contributed by atoms with Gasteiger partial charge in [0.25, 0.3) is 5.91 Å². The monoisotopic (exact) mass is 437 g/mol. The number of nitrogens with zero attached hydrogens (tertiary/aromatic N) is 1. The number of methoxy groups -OCH3 is 1. The molecule has 2 unspecified atom stereocenters. The molecule has 3 N–H and O–H groups in total. The Bertz CT molecular complexity index is 865. The highest BCUT2D eigenvalue weighted by Gasteiger charge is 2.35. The standard InChI is InChI=1S/C22H35N3O4S/c1-4-30(27,28)21-13-17(20(29-3)14-18(21)23)22(26)24-15(2)19-11-8-12-25(19)16-9-6-5-7-10-16/h13-16,19H,4-12,23H2,1-3H3,(H,24,26). The topological polar surface area (TPSA) is 102 Å². The molecule has 1 amide bonds. The molecule has 7 nitrogen and oxygen atoms in total. The van der Waals surface area contributed by atoms with Crippen molar-refractivity contribution in [3.05, 3.63) is 17.7 Å². The van der Waals surface area contributed by atoms with Crippen LogP contribution in [-0.2, 0) is 9.84 Å². The summed E-state index contributed by atoms with van der Waals surface area (Å²) in [6, 6.07) is 3.64. The first-order valence-corrected chi connectivity index (χ1v) is 12.7. The maximum absolute atomic E-state index is 13.1. The molecule has 2 fully saturated rings. The number of nitrogens with one attached hydrogen (secondary N) is 1. The van der Waals surface area contributed by atoms with Crippen LogP contribution in [0.15, 0.2) is 17.0 Å². The van der Waals surface area contributed by atoms with E-state index in [0.29, 0.717) is 12.1 Å². The maximum Gasteiger partial charge on any atom is 0.255 e. The summed E-state index contributed by atoms with van der Waals surface area (Å²) >= 11 is 0. The first-order valence-electron chi connectivity index (χ1n) is 11.0. The number of carbonyl (C=O) groups excluding carboxylic acids is 1. The molecule has 2 atom stereocenters. The van der Waals surface area contributed by atoms with E-state index in [1.165, 1.54) is 51.3 Å². The number of benzene rings is 1. The Morgan fingerprint density at radius 3 is 2.57 bits per heavy atom. The fourth-order valence-electron chi connectivity index (χ4n) is 4.95. The van der Waals surface area contributed by atoms with E-state index in [0.717, 1.165) is 19.4 Å². The smallest absolute Gasteiger partial charge is 0.255 e. The Morgan fingerprint density at radius 2 is 1.93 bits per heavy atom. The highest BCUT2D eigenvalue weighted by Crippen LogP contribution is 2.32. The third kappa shape index (κ3) is 4.75. The van der Waals surface area contributed by atoms with Crippen molar-refractivity contribution in [2.75, 3.05) is 25.1 Å². The van der Waals surface area contributed by atoms with Crippen LogP contribution in [0.1, 0.15) is 69.2 Å². The lowest BCUT2D eigenvalue weighted by atomic mass is 9.93. The van der Waals surface area contributed by atoms with Crippen molar-refractivity contribution in [1.29, 1.82) is 0 Å². The molecule has 0 bridgehead atoms. The van der Waals surface area contributed by atoms with Crippen LogP contribution in [0.5, 0.6) is 5.75 Å². The second-order valence-corrected chi connectivity index (χ2v) is 10.7. The summed E-state index contributed by atoms with van der Waals surface area (Å²) in [5.74, 6) is -0.135. The number of nitrogens with two attached hydrogens (primary N) is 1. The highest BCUT2D eigenvalue weighted by atomic mass is 32.2. The van der Waals surface area contributed by atoms with E-state index in [1.807, 2.05) is 6.92 Å². The molecule has 168 valence electrons. The van der Waals surface area contributed by atoms with Gasteiger partial charge in [0.05, 0.1) is 29.0 Å². The van der Waals surface area contributed by atoms with Crippen molar-refractivity contribution in [3.63, 3.8) is 0 Å². The zero-order valence-electron chi connectivity index (χ0n) is 18.3. The summed E-state index contributed by atoms with van der Waals surface area (Å²) in [6.07, 6.45) is 8.57. The van der Waals surface area contributed by atoms with Crippen molar-refractivity contribution >= 4 is 21.4 Å². The Balaban J connectivity index is 1.80. The molecule has 1 aromatic rings. The predicted octanol–water partition coefficient (Wildman–Crippen LogP) is 2.99. The zero-order chi connectivity index (χ0) is 21.9. The van der Waals surface area contributed by atoms with Crippen LogP contribution in [0.2, 0.25) is 0 Å². The molecule has 1 aliphatic heterocycles. The summed E-state index contributed by atoms with van der Waals surface area (Å²) in [5, 5.41) is 3.10. The highest BCUT2D eigenvalue weighted by molar-refractivity contribution is 7.91. The fraction of sp³-hybridized carbons (Fsp3) is 0.682. The minimum atomic E-state index is -3.55. The molecule has 1 saturated heterocycles. The number of carbonyl (C=O) groups is 1. The molecule has 1 aliphatic carbocycles. The van der Waals surface area contributed by atoms with Crippen molar-refractivity contribution in [3.8, 4) is 5.75 Å². The molecule has 1 aromatic carbocycles. The van der Waals surface area contributed by atoms with Crippen LogP contribution in [0, 0.1) is 0 Å². The Hall–Kier alpha value is -1.80. The van der Waals surface area contributed by atoms with Crippen molar-refractivity contribution in [1.82, 2.24) is 10.2 Å². The Morgan fingerprint density at radius 1 is 1.23 bits per heavy atom. The zero-order valence-corrected chi connectivity index (χ0v) is 19.1. The van der Waals surface area contributed by atoms with Gasteiger partial charge in [-0.1, -0.05) is 26.2 Å². The van der Waals surface area contributed by atoms with Crippen LogP contribution in [-0.4, -0.2) is 56.8 Å². The Kier molecular flexibility index (Phi) is 7.29. The van der Waals surface area contributed by atoms with Crippen LogP contribution < -0.4 is 15.8 Å². The van der Waals surface area contributed by atoms with E-state index in [1.54, 1.807) is 6.92 Å². The number of amides is 1. The van der Waals surface area contributed by atoms with E-state index < -0.39 is 9.84 Å². The minimum absolute atomic E-state index is 0.0201. The molecule has 0 radical (unpaired) electrons. The van der Waals surface area contributed by atoms with Crippen molar-refractivity contribution < 1.29 is 17.9 Å².